The monoisotopic (exact) mass is 296 g/mol. The minimum absolute atomic E-state index is 0.00535. The van der Waals surface area contributed by atoms with Gasteiger partial charge in [0.15, 0.2) is 10.6 Å². The Labute approximate surface area is 122 Å². The number of hydrogen-bond acceptors (Lipinski definition) is 4. The van der Waals surface area contributed by atoms with Crippen LogP contribution in [-0.2, 0) is 18.4 Å². The van der Waals surface area contributed by atoms with Gasteiger partial charge in [0.25, 0.3) is 0 Å². The maximum absolute atomic E-state index is 5.27. The van der Waals surface area contributed by atoms with Crippen LogP contribution < -0.4 is 0 Å². The summed E-state index contributed by atoms with van der Waals surface area (Å²) in [6, 6.07) is 0. The van der Waals surface area contributed by atoms with Crippen LogP contribution in [0.3, 0.4) is 0 Å². The Morgan fingerprint density at radius 3 is 2.53 bits per heavy atom. The zero-order chi connectivity index (χ0) is 14.2. The van der Waals surface area contributed by atoms with Crippen molar-refractivity contribution < 1.29 is 0 Å². The van der Waals surface area contributed by atoms with E-state index >= 15 is 0 Å². The summed E-state index contributed by atoms with van der Waals surface area (Å²) < 4.78 is 2.70. The lowest BCUT2D eigenvalue weighted by molar-refractivity contribution is 0.571. The highest BCUT2D eigenvalue weighted by Crippen LogP contribution is 2.36. The highest BCUT2D eigenvalue weighted by Gasteiger charge is 2.26. The first-order valence-corrected chi connectivity index (χ1v) is 7.76. The molecule has 0 saturated heterocycles. The molecule has 0 amide bonds. The summed E-state index contributed by atoms with van der Waals surface area (Å²) in [5.74, 6) is 0.912. The second kappa shape index (κ2) is 5.17. The van der Waals surface area contributed by atoms with Gasteiger partial charge in [0.1, 0.15) is 0 Å². The van der Waals surface area contributed by atoms with Crippen molar-refractivity contribution in [3.8, 4) is 10.7 Å². The van der Waals surface area contributed by atoms with Gasteiger partial charge in [-0.05, 0) is 25.6 Å². The fraction of sp³-hybridized carbons (Fsp3) is 0.615. The number of aromatic amines is 1. The van der Waals surface area contributed by atoms with E-state index in [9.17, 15) is 0 Å². The number of rotatable bonds is 3. The Morgan fingerprint density at radius 2 is 2.00 bits per heavy atom. The van der Waals surface area contributed by atoms with Crippen molar-refractivity contribution in [2.45, 2.75) is 53.0 Å². The Bertz CT molecular complexity index is 628. The van der Waals surface area contributed by atoms with Crippen LogP contribution in [-0.4, -0.2) is 19.7 Å². The molecule has 0 aliphatic rings. The molecule has 4 nitrogen and oxygen atoms in total. The Balaban J connectivity index is 2.67. The summed E-state index contributed by atoms with van der Waals surface area (Å²) in [5.41, 5.74) is 1.11. The highest BCUT2D eigenvalue weighted by molar-refractivity contribution is 7.71. The smallest absolute Gasteiger partial charge is 0.195 e. The van der Waals surface area contributed by atoms with E-state index in [1.165, 1.54) is 0 Å². The molecule has 0 fully saturated rings. The predicted octanol–water partition coefficient (Wildman–Crippen LogP) is 3.94. The van der Waals surface area contributed by atoms with Crippen molar-refractivity contribution in [1.82, 2.24) is 19.7 Å². The molecule has 0 radical (unpaired) electrons. The van der Waals surface area contributed by atoms with Crippen molar-refractivity contribution in [2.24, 2.45) is 0 Å². The second-order valence-corrected chi connectivity index (χ2v) is 6.96. The van der Waals surface area contributed by atoms with Gasteiger partial charge in [0, 0.05) is 12.0 Å². The third-order valence-corrected chi connectivity index (χ3v) is 4.47. The lowest BCUT2D eigenvalue weighted by Crippen LogP contribution is -2.14. The molecule has 0 aliphatic heterocycles. The quantitative estimate of drug-likeness (QED) is 0.873. The number of nitrogens with one attached hydrogen (secondary N) is 1. The second-order valence-electron chi connectivity index (χ2n) is 5.49. The summed E-state index contributed by atoms with van der Waals surface area (Å²) in [6.45, 7) is 11.6. The molecular weight excluding hydrogens is 276 g/mol. The highest BCUT2D eigenvalue weighted by atomic mass is 32.1. The summed E-state index contributed by atoms with van der Waals surface area (Å²) in [6.07, 6.45) is 0.949. The maximum Gasteiger partial charge on any atom is 0.195 e. The van der Waals surface area contributed by atoms with Crippen molar-refractivity contribution in [2.75, 3.05) is 0 Å². The molecule has 2 rings (SSSR count). The summed E-state index contributed by atoms with van der Waals surface area (Å²) in [4.78, 5) is 5.92. The molecule has 0 atom stereocenters. The van der Waals surface area contributed by atoms with Crippen LogP contribution in [0.2, 0.25) is 0 Å². The molecule has 0 aromatic carbocycles. The van der Waals surface area contributed by atoms with E-state index in [0.29, 0.717) is 4.77 Å². The van der Waals surface area contributed by atoms with Crippen LogP contribution in [0.1, 0.15) is 45.3 Å². The molecule has 0 spiro atoms. The fourth-order valence-electron chi connectivity index (χ4n) is 1.96. The van der Waals surface area contributed by atoms with Gasteiger partial charge in [-0.1, -0.05) is 27.7 Å². The van der Waals surface area contributed by atoms with Gasteiger partial charge in [-0.2, -0.15) is 5.10 Å². The first-order chi connectivity index (χ1) is 8.88. The van der Waals surface area contributed by atoms with Crippen LogP contribution in [0, 0.1) is 4.77 Å². The lowest BCUT2D eigenvalue weighted by Gasteiger charge is -2.17. The van der Waals surface area contributed by atoms with Gasteiger partial charge in [-0.25, -0.2) is 4.98 Å². The van der Waals surface area contributed by atoms with Gasteiger partial charge in [-0.15, -0.1) is 11.3 Å². The molecule has 19 heavy (non-hydrogen) atoms. The molecule has 0 saturated carbocycles. The molecule has 2 heterocycles. The van der Waals surface area contributed by atoms with Crippen LogP contribution in [0.5, 0.6) is 0 Å². The zero-order valence-corrected chi connectivity index (χ0v) is 13.7. The van der Waals surface area contributed by atoms with Crippen molar-refractivity contribution >= 4 is 23.6 Å². The maximum atomic E-state index is 5.27. The number of H-pyrrole nitrogens is 1. The number of hydrogen-bond donors (Lipinski definition) is 1. The first-order valence-electron chi connectivity index (χ1n) is 6.54. The van der Waals surface area contributed by atoms with E-state index in [4.69, 9.17) is 17.2 Å². The third-order valence-electron chi connectivity index (χ3n) is 2.96. The summed E-state index contributed by atoms with van der Waals surface area (Å²) in [5, 5.41) is 8.43. The van der Waals surface area contributed by atoms with Gasteiger partial charge in [0.05, 0.1) is 15.6 Å². The van der Waals surface area contributed by atoms with E-state index in [0.717, 1.165) is 34.4 Å². The minimum atomic E-state index is 0.00535. The molecule has 2 aromatic rings. The van der Waals surface area contributed by atoms with Crippen LogP contribution in [0.15, 0.2) is 0 Å². The molecule has 6 heteroatoms. The molecular formula is C13H20N4S2. The molecule has 0 bridgehead atoms. The predicted molar refractivity (Wildman–Crippen MR) is 82.3 cm³/mol. The zero-order valence-electron chi connectivity index (χ0n) is 12.1. The Kier molecular flexibility index (Phi) is 3.92. The normalized spacial score (nSPS) is 12.1. The van der Waals surface area contributed by atoms with Crippen LogP contribution in [0.4, 0.5) is 0 Å². The summed E-state index contributed by atoms with van der Waals surface area (Å²) >= 11 is 6.99. The van der Waals surface area contributed by atoms with E-state index in [1.807, 2.05) is 4.57 Å². The average Bonchev–Trinajstić information content (AvgIpc) is 2.90. The molecule has 0 aliphatic carbocycles. The number of aromatic nitrogens is 4. The van der Waals surface area contributed by atoms with Crippen LogP contribution >= 0.6 is 23.6 Å². The van der Waals surface area contributed by atoms with Gasteiger partial charge in [0.2, 0.25) is 0 Å². The molecule has 104 valence electrons. The average molecular weight is 296 g/mol. The van der Waals surface area contributed by atoms with E-state index in [-0.39, 0.29) is 5.41 Å². The molecule has 0 unspecified atom stereocenters. The van der Waals surface area contributed by atoms with Crippen molar-refractivity contribution in [3.05, 3.63) is 15.5 Å². The first kappa shape index (κ1) is 14.4. The van der Waals surface area contributed by atoms with Gasteiger partial charge in [-0.3, -0.25) is 9.67 Å². The number of thiazole rings is 1. The molecule has 1 N–H and O–H groups in total. The minimum Gasteiger partial charge on any atom is -0.300 e. The van der Waals surface area contributed by atoms with E-state index in [2.05, 4.69) is 44.8 Å². The largest absolute Gasteiger partial charge is 0.300 e. The van der Waals surface area contributed by atoms with E-state index < -0.39 is 0 Å². The van der Waals surface area contributed by atoms with E-state index in [1.54, 1.807) is 11.3 Å². The van der Waals surface area contributed by atoms with Gasteiger partial charge < -0.3 is 0 Å². The van der Waals surface area contributed by atoms with Crippen molar-refractivity contribution in [3.63, 3.8) is 0 Å². The lowest BCUT2D eigenvalue weighted by atomic mass is 9.91. The topological polar surface area (TPSA) is 46.5 Å². The SMILES string of the molecule is CCc1nc(C(C)(C)C)c(-c2n[nH]c(=S)n2CC)s1. The van der Waals surface area contributed by atoms with Gasteiger partial charge >= 0.3 is 0 Å². The number of aryl methyl sites for hydroxylation is 1. The van der Waals surface area contributed by atoms with Crippen LogP contribution in [0.25, 0.3) is 10.7 Å². The fourth-order valence-corrected chi connectivity index (χ4v) is 3.43. The Hall–Kier alpha value is -1.01. The molecule has 2 aromatic heterocycles. The number of nitrogens with zero attached hydrogens (tertiary/aromatic N) is 3. The third kappa shape index (κ3) is 2.65. The van der Waals surface area contributed by atoms with Crippen molar-refractivity contribution in [1.29, 1.82) is 0 Å². The standard InChI is InChI=1S/C13H20N4S2/c1-6-8-14-10(13(3,4)5)9(19-8)11-15-16-12(18)17(11)7-2/h6-7H2,1-5H3,(H,16,18). The Morgan fingerprint density at radius 1 is 1.32 bits per heavy atom. The summed E-state index contributed by atoms with van der Waals surface area (Å²) in [7, 11) is 0.